The van der Waals surface area contributed by atoms with E-state index in [1.54, 1.807) is 0 Å². The summed E-state index contributed by atoms with van der Waals surface area (Å²) in [4.78, 5) is 27.0. The molecule has 0 amide bonds. The normalized spacial score (nSPS) is 12.3. The third-order valence-electron chi connectivity index (χ3n) is 12.5. The van der Waals surface area contributed by atoms with Gasteiger partial charge in [-0.3, -0.25) is 0 Å². The van der Waals surface area contributed by atoms with E-state index in [4.69, 9.17) is 0 Å². The molecule has 0 rings (SSSR count). The molecule has 0 heterocycles. The van der Waals surface area contributed by atoms with E-state index in [9.17, 15) is 19.8 Å². The van der Waals surface area contributed by atoms with Crippen LogP contribution in [-0.2, 0) is 9.59 Å². The van der Waals surface area contributed by atoms with Gasteiger partial charge in [-0.05, 0) is 90.4 Å². The van der Waals surface area contributed by atoms with Gasteiger partial charge in [-0.15, -0.1) is 0 Å². The molecule has 0 radical (unpaired) electrons. The molecule has 0 aliphatic rings. The second-order valence-corrected chi connectivity index (χ2v) is 17.9. The first kappa shape index (κ1) is 63.4. The van der Waals surface area contributed by atoms with Crippen LogP contribution >= 0.6 is 0 Å². The zero-order chi connectivity index (χ0) is 43.2. The van der Waals surface area contributed by atoms with Gasteiger partial charge in [0.25, 0.3) is 0 Å². The molecule has 0 bridgehead atoms. The van der Waals surface area contributed by atoms with Crippen molar-refractivity contribution in [3.8, 4) is 0 Å². The van der Waals surface area contributed by atoms with E-state index in [0.29, 0.717) is 12.1 Å². The summed E-state index contributed by atoms with van der Waals surface area (Å²) in [6.07, 6.45) is 47.1. The van der Waals surface area contributed by atoms with Gasteiger partial charge in [0.05, 0.1) is 0 Å². The summed E-state index contributed by atoms with van der Waals surface area (Å²) in [6.45, 7) is 18.0. The molecule has 0 fully saturated rings. The number of carboxylic acids is 2. The molecule has 0 spiro atoms. The van der Waals surface area contributed by atoms with Crippen LogP contribution in [0.4, 0.5) is 0 Å². The number of aliphatic carboxylic acids is 2. The molecule has 0 saturated carbocycles. The van der Waals surface area contributed by atoms with E-state index in [1.165, 1.54) is 205 Å². The molecule has 59 heavy (non-hydrogen) atoms. The van der Waals surface area contributed by atoms with Crippen molar-refractivity contribution in [2.45, 2.75) is 298 Å². The fourth-order valence-electron chi connectivity index (χ4n) is 8.61. The Kier molecular flexibility index (Phi) is 56.4. The molecule has 2 atom stereocenters. The van der Waals surface area contributed by atoms with Crippen molar-refractivity contribution in [3.05, 3.63) is 0 Å². The van der Waals surface area contributed by atoms with Gasteiger partial charge in [0.1, 0.15) is 0 Å². The number of hydrogen-bond donors (Lipinski definition) is 0. The second-order valence-electron chi connectivity index (χ2n) is 17.9. The number of unbranched alkanes of at least 4 members (excludes halogenated alkanes) is 28. The fourth-order valence-corrected chi connectivity index (χ4v) is 8.61. The van der Waals surface area contributed by atoms with Gasteiger partial charge in [-0.2, -0.15) is 0 Å². The maximum atomic E-state index is 10.9. The summed E-state index contributed by atoms with van der Waals surface area (Å²) in [5.74, 6) is -1.80. The summed E-state index contributed by atoms with van der Waals surface area (Å²) >= 11 is 0. The zero-order valence-electron chi connectivity index (χ0n) is 41.1. The van der Waals surface area contributed by atoms with Crippen molar-refractivity contribution in [3.63, 3.8) is 0 Å². The maximum Gasteiger partial charge on any atom is 2.00 e. The molecule has 2 unspecified atom stereocenters. The van der Waals surface area contributed by atoms with Gasteiger partial charge < -0.3 is 29.6 Å². The minimum absolute atomic E-state index is 0. The molecule has 0 aliphatic carbocycles. The Labute approximate surface area is 400 Å². The number of carbonyl (C=O) groups is 2. The van der Waals surface area contributed by atoms with E-state index in [0.717, 1.165) is 51.9 Å². The van der Waals surface area contributed by atoms with E-state index < -0.39 is 11.9 Å². The Morgan fingerprint density at radius 1 is 0.339 bits per heavy atom. The molecule has 0 aromatic carbocycles. The van der Waals surface area contributed by atoms with Crippen molar-refractivity contribution in [2.75, 3.05) is 26.2 Å². The van der Waals surface area contributed by atoms with Gasteiger partial charge in [0, 0.05) is 24.0 Å². The molecular weight excluding hydrogens is 757 g/mol. The molecule has 7 heteroatoms. The van der Waals surface area contributed by atoms with Gasteiger partial charge in [-0.25, -0.2) is 0 Å². The van der Waals surface area contributed by atoms with Crippen LogP contribution in [0.5, 0.6) is 0 Å². The van der Waals surface area contributed by atoms with Crippen LogP contribution in [0.1, 0.15) is 286 Å². The Morgan fingerprint density at radius 2 is 0.525 bits per heavy atom. The molecule has 0 saturated heterocycles. The fraction of sp³-hybridized carbons (Fsp3) is 0.962. The largest absolute Gasteiger partial charge is 2.00 e. The third-order valence-corrected chi connectivity index (χ3v) is 12.5. The van der Waals surface area contributed by atoms with Crippen molar-refractivity contribution in [1.29, 1.82) is 0 Å². The van der Waals surface area contributed by atoms with Gasteiger partial charge in [0.2, 0.25) is 0 Å². The zero-order valence-corrected chi connectivity index (χ0v) is 43.3. The predicted molar refractivity (Wildman–Crippen MR) is 256 cm³/mol. The third kappa shape index (κ3) is 47.4. The standard InChI is InChI=1S/2C26H53NO2.Ca/c2*1-4-7-9-11-13-15-17-19-23-27(25(6-3)21-22-26(28)29)24-20-18-16-14-12-10-8-5-2;/h2*25H,4-24H2,1-3H3,(H,28,29);/q;;+2/p-2. The van der Waals surface area contributed by atoms with Crippen LogP contribution in [0.25, 0.3) is 0 Å². The molecule has 0 aromatic rings. The molecule has 0 N–H and O–H groups in total. The average molecular weight is 861 g/mol. The molecular formula is C52H104CaN2O4. The van der Waals surface area contributed by atoms with Crippen LogP contribution < -0.4 is 10.2 Å². The number of carbonyl (C=O) groups excluding carboxylic acids is 2. The number of carboxylic acid groups (broad SMARTS) is 2. The quantitative estimate of drug-likeness (QED) is 0.0448. The summed E-state index contributed by atoms with van der Waals surface area (Å²) in [5, 5.41) is 21.9. The molecule has 6 nitrogen and oxygen atoms in total. The SMILES string of the molecule is CCCCCCCCCCN(CCCCCCCCCC)C(CC)CCC(=O)[O-].CCCCCCCCCCN(CCCCCCCCCC)C(CC)CCC(=O)[O-].[Ca+2]. The Bertz CT molecular complexity index is 725. The minimum atomic E-state index is -0.900. The number of rotatable bonds is 46. The Morgan fingerprint density at radius 3 is 0.695 bits per heavy atom. The van der Waals surface area contributed by atoms with E-state index in [-0.39, 0.29) is 50.6 Å². The first-order valence-electron chi connectivity index (χ1n) is 26.2. The van der Waals surface area contributed by atoms with Crippen LogP contribution in [0.2, 0.25) is 0 Å². The minimum Gasteiger partial charge on any atom is -0.550 e. The summed E-state index contributed by atoms with van der Waals surface area (Å²) in [6, 6.07) is 0.809. The molecule has 0 aromatic heterocycles. The number of nitrogens with zero attached hydrogens (tertiary/aromatic N) is 2. The first-order chi connectivity index (χ1) is 28.3. The van der Waals surface area contributed by atoms with Crippen molar-refractivity contribution < 1.29 is 19.8 Å². The Hall–Kier alpha value is 0.120. The van der Waals surface area contributed by atoms with Crippen LogP contribution in [0.3, 0.4) is 0 Å². The van der Waals surface area contributed by atoms with Gasteiger partial charge >= 0.3 is 37.7 Å². The number of hydrogen-bond acceptors (Lipinski definition) is 6. The van der Waals surface area contributed by atoms with Crippen LogP contribution in [0.15, 0.2) is 0 Å². The van der Waals surface area contributed by atoms with E-state index >= 15 is 0 Å². The topological polar surface area (TPSA) is 86.7 Å². The van der Waals surface area contributed by atoms with Gasteiger partial charge in [0.15, 0.2) is 0 Å². The van der Waals surface area contributed by atoms with Crippen molar-refractivity contribution in [2.24, 2.45) is 0 Å². The Balaban J connectivity index is -0.00000105. The molecule has 348 valence electrons. The van der Waals surface area contributed by atoms with E-state index in [1.807, 2.05) is 0 Å². The average Bonchev–Trinajstić information content (AvgIpc) is 3.21. The summed E-state index contributed by atoms with van der Waals surface area (Å²) in [5.41, 5.74) is 0. The van der Waals surface area contributed by atoms with Crippen LogP contribution in [-0.4, -0.2) is 97.7 Å². The van der Waals surface area contributed by atoms with Crippen molar-refractivity contribution in [1.82, 2.24) is 9.80 Å². The smallest absolute Gasteiger partial charge is 0.550 e. The monoisotopic (exact) mass is 861 g/mol. The summed E-state index contributed by atoms with van der Waals surface area (Å²) < 4.78 is 0. The first-order valence-corrected chi connectivity index (χ1v) is 26.2. The van der Waals surface area contributed by atoms with E-state index in [2.05, 4.69) is 51.3 Å². The summed E-state index contributed by atoms with van der Waals surface area (Å²) in [7, 11) is 0. The second kappa shape index (κ2) is 52.5. The van der Waals surface area contributed by atoms with Crippen LogP contribution in [0, 0.1) is 0 Å². The van der Waals surface area contributed by atoms with Crippen molar-refractivity contribution >= 4 is 49.7 Å². The predicted octanol–water partition coefficient (Wildman–Crippen LogP) is 13.4. The van der Waals surface area contributed by atoms with Gasteiger partial charge in [-0.1, -0.05) is 221 Å². The molecule has 0 aliphatic heterocycles. The maximum absolute atomic E-state index is 10.9.